The summed E-state index contributed by atoms with van der Waals surface area (Å²) in [6.45, 7) is 6.23. The molecule has 0 unspecified atom stereocenters. The Morgan fingerprint density at radius 2 is 2.15 bits per heavy atom. The summed E-state index contributed by atoms with van der Waals surface area (Å²) in [7, 11) is 0. The van der Waals surface area contributed by atoms with Crippen molar-refractivity contribution < 1.29 is 9.21 Å². The van der Waals surface area contributed by atoms with Crippen LogP contribution in [-0.4, -0.2) is 32.7 Å². The minimum absolute atomic E-state index is 0.0873. The van der Waals surface area contributed by atoms with E-state index in [1.807, 2.05) is 48.1 Å². The first-order valence-corrected chi connectivity index (χ1v) is 10.5. The molecule has 27 heavy (non-hydrogen) atoms. The number of furan rings is 1. The van der Waals surface area contributed by atoms with Crippen molar-refractivity contribution in [1.82, 2.24) is 14.8 Å². The molecule has 0 fully saturated rings. The van der Waals surface area contributed by atoms with Crippen molar-refractivity contribution in [3.63, 3.8) is 0 Å². The largest absolute Gasteiger partial charge is 0.469 e. The Kier molecular flexibility index (Phi) is 6.41. The zero-order valence-corrected chi connectivity index (χ0v) is 16.8. The number of nitrogens with zero attached hydrogens (tertiary/aromatic N) is 3. The van der Waals surface area contributed by atoms with Gasteiger partial charge in [-0.3, -0.25) is 9.36 Å². The highest BCUT2D eigenvalue weighted by Gasteiger charge is 2.17. The van der Waals surface area contributed by atoms with Crippen LogP contribution in [0.3, 0.4) is 0 Å². The van der Waals surface area contributed by atoms with Crippen LogP contribution in [0.15, 0.2) is 63.7 Å². The first-order chi connectivity index (χ1) is 13.1. The molecule has 6 nitrogen and oxygen atoms in total. The van der Waals surface area contributed by atoms with Gasteiger partial charge in [0.05, 0.1) is 23.3 Å². The molecule has 2 aromatic heterocycles. The molecule has 0 radical (unpaired) electrons. The van der Waals surface area contributed by atoms with Gasteiger partial charge in [-0.15, -0.1) is 28.5 Å². The van der Waals surface area contributed by atoms with Crippen molar-refractivity contribution in [3.05, 3.63) is 55.0 Å². The Labute approximate surface area is 166 Å². The number of para-hydroxylation sites is 1. The van der Waals surface area contributed by atoms with Crippen molar-refractivity contribution in [3.8, 4) is 11.4 Å². The van der Waals surface area contributed by atoms with E-state index in [1.165, 1.54) is 11.8 Å². The Morgan fingerprint density at radius 1 is 1.33 bits per heavy atom. The van der Waals surface area contributed by atoms with Gasteiger partial charge in [0.15, 0.2) is 11.0 Å². The number of nitrogens with one attached hydrogen (secondary N) is 1. The number of hydrogen-bond donors (Lipinski definition) is 1. The SMILES string of the molecule is C=CCn1c(SCC(=O)Nc2ccccc2SC)nnc1-c1ccoc1C. The fourth-order valence-electron chi connectivity index (χ4n) is 2.57. The highest BCUT2D eigenvalue weighted by molar-refractivity contribution is 7.99. The molecule has 0 atom stereocenters. The number of thioether (sulfide) groups is 2. The third-order valence-electron chi connectivity index (χ3n) is 3.84. The van der Waals surface area contributed by atoms with Crippen LogP contribution >= 0.6 is 23.5 Å². The lowest BCUT2D eigenvalue weighted by Gasteiger charge is -2.09. The molecule has 3 aromatic rings. The van der Waals surface area contributed by atoms with Crippen LogP contribution in [0.1, 0.15) is 5.76 Å². The molecule has 0 saturated heterocycles. The predicted octanol–water partition coefficient (Wildman–Crippen LogP) is 4.49. The van der Waals surface area contributed by atoms with E-state index in [2.05, 4.69) is 22.1 Å². The third kappa shape index (κ3) is 4.45. The van der Waals surface area contributed by atoms with Crippen LogP contribution in [0.4, 0.5) is 5.69 Å². The highest BCUT2D eigenvalue weighted by atomic mass is 32.2. The van der Waals surface area contributed by atoms with Crippen LogP contribution in [0.5, 0.6) is 0 Å². The Morgan fingerprint density at radius 3 is 2.85 bits per heavy atom. The van der Waals surface area contributed by atoms with Crippen molar-refractivity contribution in [2.24, 2.45) is 0 Å². The molecule has 0 aliphatic carbocycles. The number of carbonyl (C=O) groups is 1. The lowest BCUT2D eigenvalue weighted by atomic mass is 10.2. The summed E-state index contributed by atoms with van der Waals surface area (Å²) in [5, 5.41) is 12.1. The molecule has 0 aliphatic rings. The number of amides is 1. The molecule has 8 heteroatoms. The quantitative estimate of drug-likeness (QED) is 0.444. The van der Waals surface area contributed by atoms with Gasteiger partial charge in [0, 0.05) is 11.4 Å². The van der Waals surface area contributed by atoms with Gasteiger partial charge in [0.2, 0.25) is 5.91 Å². The summed E-state index contributed by atoms with van der Waals surface area (Å²) in [5.41, 5.74) is 1.70. The van der Waals surface area contributed by atoms with Gasteiger partial charge in [0.25, 0.3) is 0 Å². The minimum Gasteiger partial charge on any atom is -0.469 e. The Bertz CT molecular complexity index is 949. The second kappa shape index (κ2) is 8.96. The van der Waals surface area contributed by atoms with Crippen LogP contribution in [0.25, 0.3) is 11.4 Å². The molecular formula is C19H20N4O2S2. The second-order valence-electron chi connectivity index (χ2n) is 5.63. The second-order valence-corrected chi connectivity index (χ2v) is 7.42. The standard InChI is InChI=1S/C19H20N4O2S2/c1-4-10-23-18(14-9-11-25-13(14)2)21-22-19(23)27-12-17(24)20-15-7-5-6-8-16(15)26-3/h4-9,11H,1,10,12H2,2-3H3,(H,20,24). The first-order valence-electron chi connectivity index (χ1n) is 8.28. The number of aromatic nitrogens is 3. The molecule has 0 bridgehead atoms. The van der Waals surface area contributed by atoms with Gasteiger partial charge in [-0.1, -0.05) is 30.0 Å². The maximum absolute atomic E-state index is 12.4. The molecule has 1 amide bonds. The fourth-order valence-corrected chi connectivity index (χ4v) is 3.87. The van der Waals surface area contributed by atoms with Gasteiger partial charge in [-0.2, -0.15) is 0 Å². The smallest absolute Gasteiger partial charge is 0.234 e. The lowest BCUT2D eigenvalue weighted by molar-refractivity contribution is -0.113. The van der Waals surface area contributed by atoms with Crippen LogP contribution < -0.4 is 5.32 Å². The van der Waals surface area contributed by atoms with E-state index in [9.17, 15) is 4.79 Å². The molecule has 2 heterocycles. The molecular weight excluding hydrogens is 380 g/mol. The van der Waals surface area contributed by atoms with Crippen LogP contribution in [-0.2, 0) is 11.3 Å². The Balaban J connectivity index is 1.72. The van der Waals surface area contributed by atoms with E-state index >= 15 is 0 Å². The molecule has 1 aromatic carbocycles. The van der Waals surface area contributed by atoms with Gasteiger partial charge >= 0.3 is 0 Å². The molecule has 0 spiro atoms. The van der Waals surface area contributed by atoms with Gasteiger partial charge in [0.1, 0.15) is 5.76 Å². The molecule has 3 rings (SSSR count). The van der Waals surface area contributed by atoms with Crippen LogP contribution in [0, 0.1) is 6.92 Å². The normalized spacial score (nSPS) is 10.7. The number of rotatable bonds is 8. The van der Waals surface area contributed by atoms with Gasteiger partial charge < -0.3 is 9.73 Å². The summed E-state index contributed by atoms with van der Waals surface area (Å²) in [4.78, 5) is 13.4. The molecule has 0 aliphatic heterocycles. The van der Waals surface area contributed by atoms with E-state index in [4.69, 9.17) is 4.42 Å². The van der Waals surface area contributed by atoms with E-state index < -0.39 is 0 Å². The number of allylic oxidation sites excluding steroid dienone is 1. The number of benzene rings is 1. The van der Waals surface area contributed by atoms with E-state index in [-0.39, 0.29) is 11.7 Å². The number of hydrogen-bond acceptors (Lipinski definition) is 6. The Hall–Kier alpha value is -2.45. The van der Waals surface area contributed by atoms with Crippen molar-refractivity contribution >= 4 is 35.1 Å². The average molecular weight is 401 g/mol. The fraction of sp³-hybridized carbons (Fsp3) is 0.211. The molecule has 140 valence electrons. The predicted molar refractivity (Wildman–Crippen MR) is 110 cm³/mol. The summed E-state index contributed by atoms with van der Waals surface area (Å²) < 4.78 is 7.30. The third-order valence-corrected chi connectivity index (χ3v) is 5.60. The lowest BCUT2D eigenvalue weighted by Crippen LogP contribution is -2.15. The highest BCUT2D eigenvalue weighted by Crippen LogP contribution is 2.28. The minimum atomic E-state index is -0.0873. The number of carbonyl (C=O) groups excluding carboxylic acids is 1. The van der Waals surface area contributed by atoms with E-state index in [1.54, 1.807) is 24.1 Å². The maximum Gasteiger partial charge on any atom is 0.234 e. The zero-order valence-electron chi connectivity index (χ0n) is 15.1. The molecule has 0 saturated carbocycles. The number of anilines is 1. The van der Waals surface area contributed by atoms with E-state index in [0.29, 0.717) is 17.5 Å². The van der Waals surface area contributed by atoms with Crippen molar-refractivity contribution in [1.29, 1.82) is 0 Å². The first kappa shape index (κ1) is 19.3. The number of aryl methyl sites for hydroxylation is 1. The monoisotopic (exact) mass is 400 g/mol. The van der Waals surface area contributed by atoms with Gasteiger partial charge in [-0.05, 0) is 31.4 Å². The zero-order chi connectivity index (χ0) is 19.2. The summed E-state index contributed by atoms with van der Waals surface area (Å²) in [6, 6.07) is 9.59. The average Bonchev–Trinajstić information content (AvgIpc) is 3.26. The van der Waals surface area contributed by atoms with Crippen LogP contribution in [0.2, 0.25) is 0 Å². The van der Waals surface area contributed by atoms with E-state index in [0.717, 1.165) is 21.9 Å². The van der Waals surface area contributed by atoms with Crippen molar-refractivity contribution in [2.75, 3.05) is 17.3 Å². The summed E-state index contributed by atoms with van der Waals surface area (Å²) >= 11 is 2.94. The summed E-state index contributed by atoms with van der Waals surface area (Å²) in [6.07, 6.45) is 5.39. The summed E-state index contributed by atoms with van der Waals surface area (Å²) in [5.74, 6) is 1.63. The molecule has 1 N–H and O–H groups in total. The topological polar surface area (TPSA) is 73.0 Å². The van der Waals surface area contributed by atoms with Gasteiger partial charge in [-0.25, -0.2) is 0 Å². The van der Waals surface area contributed by atoms with Crippen molar-refractivity contribution in [2.45, 2.75) is 23.5 Å². The maximum atomic E-state index is 12.4.